The molecular formula is C17H15FN2O3. The van der Waals surface area contributed by atoms with Gasteiger partial charge in [-0.3, -0.25) is 0 Å². The lowest BCUT2D eigenvalue weighted by atomic mass is 10.2. The Labute approximate surface area is 132 Å². The number of rotatable bonds is 5. The van der Waals surface area contributed by atoms with E-state index in [2.05, 4.69) is 10.1 Å². The minimum Gasteiger partial charge on any atom is -0.493 e. The first-order chi connectivity index (χ1) is 11.2. The highest BCUT2D eigenvalue weighted by atomic mass is 19.1. The fourth-order valence-corrected chi connectivity index (χ4v) is 2.11. The fraction of sp³-hybridized carbons (Fsp3) is 0.176. The minimum atomic E-state index is -0.301. The van der Waals surface area contributed by atoms with Crippen molar-refractivity contribution in [2.45, 2.75) is 13.5 Å². The number of hydrogen-bond acceptors (Lipinski definition) is 5. The van der Waals surface area contributed by atoms with Gasteiger partial charge in [0.2, 0.25) is 11.7 Å². The predicted molar refractivity (Wildman–Crippen MR) is 81.8 cm³/mol. The van der Waals surface area contributed by atoms with E-state index in [1.165, 1.54) is 13.2 Å². The fourth-order valence-electron chi connectivity index (χ4n) is 2.11. The molecule has 0 unspecified atom stereocenters. The average Bonchev–Trinajstić information content (AvgIpc) is 3.00. The Bertz CT molecular complexity index is 817. The topological polar surface area (TPSA) is 57.4 Å². The molecule has 1 heterocycles. The second-order valence-electron chi connectivity index (χ2n) is 4.88. The molecule has 0 aliphatic carbocycles. The molecule has 0 bridgehead atoms. The zero-order chi connectivity index (χ0) is 16.2. The first-order valence-electron chi connectivity index (χ1n) is 7.02. The van der Waals surface area contributed by atoms with Crippen LogP contribution in [0.4, 0.5) is 4.39 Å². The van der Waals surface area contributed by atoms with Crippen LogP contribution in [0.2, 0.25) is 0 Å². The molecule has 0 atom stereocenters. The summed E-state index contributed by atoms with van der Waals surface area (Å²) in [4.78, 5) is 4.17. The number of aryl methyl sites for hydroxylation is 1. The van der Waals surface area contributed by atoms with Crippen LogP contribution in [-0.4, -0.2) is 17.3 Å². The number of hydrogen-bond donors (Lipinski definition) is 0. The Morgan fingerprint density at radius 2 is 1.96 bits per heavy atom. The molecule has 0 fully saturated rings. The second kappa shape index (κ2) is 6.48. The van der Waals surface area contributed by atoms with E-state index in [1.54, 1.807) is 43.3 Å². The summed E-state index contributed by atoms with van der Waals surface area (Å²) >= 11 is 0. The molecule has 0 radical (unpaired) electrons. The highest BCUT2D eigenvalue weighted by Gasteiger charge is 2.12. The van der Waals surface area contributed by atoms with E-state index >= 15 is 0 Å². The van der Waals surface area contributed by atoms with Crippen LogP contribution < -0.4 is 9.47 Å². The van der Waals surface area contributed by atoms with Gasteiger partial charge in [0.1, 0.15) is 12.4 Å². The summed E-state index contributed by atoms with van der Waals surface area (Å²) in [5.74, 6) is 1.69. The molecule has 0 N–H and O–H groups in total. The summed E-state index contributed by atoms with van der Waals surface area (Å²) in [6.07, 6.45) is 0. The van der Waals surface area contributed by atoms with Crippen molar-refractivity contribution in [3.05, 3.63) is 59.7 Å². The monoisotopic (exact) mass is 314 g/mol. The van der Waals surface area contributed by atoms with Crippen molar-refractivity contribution in [1.29, 1.82) is 0 Å². The van der Waals surface area contributed by atoms with Crippen LogP contribution in [0.1, 0.15) is 11.5 Å². The number of halogens is 1. The zero-order valence-corrected chi connectivity index (χ0v) is 12.7. The molecule has 0 aliphatic rings. The average molecular weight is 314 g/mol. The van der Waals surface area contributed by atoms with Crippen LogP contribution >= 0.6 is 0 Å². The van der Waals surface area contributed by atoms with Crippen LogP contribution in [0, 0.1) is 12.7 Å². The smallest absolute Gasteiger partial charge is 0.223 e. The number of benzene rings is 2. The first kappa shape index (κ1) is 15.0. The molecule has 0 saturated heterocycles. The van der Waals surface area contributed by atoms with Gasteiger partial charge in [-0.25, -0.2) is 4.39 Å². The molecule has 6 heteroatoms. The maximum absolute atomic E-state index is 13.6. The van der Waals surface area contributed by atoms with Crippen molar-refractivity contribution in [1.82, 2.24) is 10.1 Å². The molecule has 1 aromatic heterocycles. The van der Waals surface area contributed by atoms with Crippen molar-refractivity contribution >= 4 is 0 Å². The van der Waals surface area contributed by atoms with Crippen LogP contribution in [0.3, 0.4) is 0 Å². The number of methoxy groups -OCH3 is 1. The number of nitrogens with zero attached hydrogens (tertiary/aromatic N) is 2. The van der Waals surface area contributed by atoms with Crippen LogP contribution in [0.5, 0.6) is 11.5 Å². The van der Waals surface area contributed by atoms with Gasteiger partial charge in [0.15, 0.2) is 11.5 Å². The molecule has 118 valence electrons. The Morgan fingerprint density at radius 1 is 1.13 bits per heavy atom. The van der Waals surface area contributed by atoms with Gasteiger partial charge >= 0.3 is 0 Å². The number of ether oxygens (including phenoxy) is 2. The third-order valence-electron chi connectivity index (χ3n) is 3.29. The largest absolute Gasteiger partial charge is 0.493 e. The lowest BCUT2D eigenvalue weighted by molar-refractivity contribution is 0.280. The molecule has 23 heavy (non-hydrogen) atoms. The lowest BCUT2D eigenvalue weighted by Gasteiger charge is -2.11. The molecule has 2 aromatic carbocycles. The van der Waals surface area contributed by atoms with Crippen molar-refractivity contribution < 1.29 is 18.4 Å². The molecule has 3 aromatic rings. The summed E-state index contributed by atoms with van der Waals surface area (Å²) in [7, 11) is 1.54. The maximum atomic E-state index is 13.6. The molecule has 0 spiro atoms. The Balaban J connectivity index is 1.81. The van der Waals surface area contributed by atoms with Crippen LogP contribution in [0.25, 0.3) is 11.4 Å². The summed E-state index contributed by atoms with van der Waals surface area (Å²) in [5.41, 5.74) is 1.23. The Hall–Kier alpha value is -2.89. The van der Waals surface area contributed by atoms with E-state index in [-0.39, 0.29) is 12.4 Å². The van der Waals surface area contributed by atoms with Gasteiger partial charge in [-0.05, 0) is 24.3 Å². The SMILES string of the molecule is COc1cc(-c2noc(C)n2)ccc1OCc1ccccc1F. The van der Waals surface area contributed by atoms with E-state index < -0.39 is 0 Å². The lowest BCUT2D eigenvalue weighted by Crippen LogP contribution is -2.00. The third kappa shape index (κ3) is 3.31. The standard InChI is InChI=1S/C17H15FN2O3/c1-11-19-17(20-23-11)12-7-8-15(16(9-12)21-2)22-10-13-5-3-4-6-14(13)18/h3-9H,10H2,1-2H3. The summed E-state index contributed by atoms with van der Waals surface area (Å²) in [6, 6.07) is 11.8. The van der Waals surface area contributed by atoms with Crippen LogP contribution in [0.15, 0.2) is 47.0 Å². The van der Waals surface area contributed by atoms with Crippen molar-refractivity contribution in [3.8, 4) is 22.9 Å². The van der Waals surface area contributed by atoms with Crippen molar-refractivity contribution in [3.63, 3.8) is 0 Å². The molecule has 0 aliphatic heterocycles. The summed E-state index contributed by atoms with van der Waals surface area (Å²) in [6.45, 7) is 1.84. The van der Waals surface area contributed by atoms with Gasteiger partial charge < -0.3 is 14.0 Å². The van der Waals surface area contributed by atoms with Crippen LogP contribution in [-0.2, 0) is 6.61 Å². The highest BCUT2D eigenvalue weighted by Crippen LogP contribution is 2.32. The Morgan fingerprint density at radius 3 is 2.65 bits per heavy atom. The maximum Gasteiger partial charge on any atom is 0.223 e. The molecule has 0 saturated carbocycles. The molecular weight excluding hydrogens is 299 g/mol. The third-order valence-corrected chi connectivity index (χ3v) is 3.29. The minimum absolute atomic E-state index is 0.115. The van der Waals surface area contributed by atoms with E-state index in [0.29, 0.717) is 28.8 Å². The quantitative estimate of drug-likeness (QED) is 0.717. The van der Waals surface area contributed by atoms with E-state index in [4.69, 9.17) is 14.0 Å². The summed E-state index contributed by atoms with van der Waals surface area (Å²) < 4.78 is 29.6. The predicted octanol–water partition coefficient (Wildman–Crippen LogP) is 3.77. The van der Waals surface area contributed by atoms with E-state index in [0.717, 1.165) is 5.56 Å². The number of aromatic nitrogens is 2. The molecule has 5 nitrogen and oxygen atoms in total. The highest BCUT2D eigenvalue weighted by molar-refractivity contribution is 5.60. The van der Waals surface area contributed by atoms with Crippen molar-refractivity contribution in [2.75, 3.05) is 7.11 Å². The van der Waals surface area contributed by atoms with Gasteiger partial charge in [-0.1, -0.05) is 23.4 Å². The summed E-state index contributed by atoms with van der Waals surface area (Å²) in [5, 5.41) is 3.86. The van der Waals surface area contributed by atoms with Gasteiger partial charge in [-0.2, -0.15) is 4.98 Å². The van der Waals surface area contributed by atoms with E-state index in [9.17, 15) is 4.39 Å². The second-order valence-corrected chi connectivity index (χ2v) is 4.88. The van der Waals surface area contributed by atoms with E-state index in [1.807, 2.05) is 0 Å². The normalized spacial score (nSPS) is 10.6. The van der Waals surface area contributed by atoms with Gasteiger partial charge in [0.25, 0.3) is 0 Å². The van der Waals surface area contributed by atoms with Gasteiger partial charge in [-0.15, -0.1) is 0 Å². The Kier molecular flexibility index (Phi) is 4.23. The van der Waals surface area contributed by atoms with Gasteiger partial charge in [0.05, 0.1) is 7.11 Å². The molecule has 3 rings (SSSR count). The van der Waals surface area contributed by atoms with Gasteiger partial charge in [0, 0.05) is 18.1 Å². The first-order valence-corrected chi connectivity index (χ1v) is 7.02. The molecule has 0 amide bonds. The zero-order valence-electron chi connectivity index (χ0n) is 12.7. The van der Waals surface area contributed by atoms with Crippen molar-refractivity contribution in [2.24, 2.45) is 0 Å².